The standard InChI is InChI=1S/C23H31N7/c1-16-5-4-6-20(13-16)30-11-9-29(10-12-30)15-23(27-21(24)26-22(25)28-23)19-8-7-17(2)18(3)14-19/h4-8,13-14H,9-12,15H2,1-3H3,(H5,24,25,26,27,28). The summed E-state index contributed by atoms with van der Waals surface area (Å²) in [7, 11) is 0. The van der Waals surface area contributed by atoms with Crippen LogP contribution in [0.15, 0.2) is 52.4 Å². The molecule has 0 bridgehead atoms. The third-order valence-corrected chi connectivity index (χ3v) is 6.02. The predicted molar refractivity (Wildman–Crippen MR) is 124 cm³/mol. The van der Waals surface area contributed by atoms with E-state index in [4.69, 9.17) is 21.5 Å². The molecule has 2 aliphatic rings. The molecular formula is C23H31N7. The van der Waals surface area contributed by atoms with E-state index in [-0.39, 0.29) is 0 Å². The molecule has 0 amide bonds. The van der Waals surface area contributed by atoms with E-state index in [0.717, 1.165) is 31.7 Å². The Morgan fingerprint density at radius 1 is 0.900 bits per heavy atom. The third kappa shape index (κ3) is 4.11. The van der Waals surface area contributed by atoms with Gasteiger partial charge in [0.25, 0.3) is 0 Å². The molecule has 5 N–H and O–H groups in total. The lowest BCUT2D eigenvalue weighted by atomic mass is 9.95. The SMILES string of the molecule is Cc1cccc(N2CCN(CC3(c4ccc(C)c(C)c4)N=C(N)NC(N)=N3)CC2)c1. The fourth-order valence-corrected chi connectivity index (χ4v) is 4.19. The number of guanidine groups is 2. The van der Waals surface area contributed by atoms with Gasteiger partial charge in [-0.05, 0) is 49.6 Å². The molecule has 0 atom stereocenters. The van der Waals surface area contributed by atoms with Gasteiger partial charge in [-0.3, -0.25) is 10.2 Å². The van der Waals surface area contributed by atoms with Gasteiger partial charge in [0.05, 0.1) is 0 Å². The van der Waals surface area contributed by atoms with Crippen molar-refractivity contribution in [3.8, 4) is 0 Å². The van der Waals surface area contributed by atoms with Crippen LogP contribution >= 0.6 is 0 Å². The highest BCUT2D eigenvalue weighted by Gasteiger charge is 2.37. The summed E-state index contributed by atoms with van der Waals surface area (Å²) in [5.41, 5.74) is 17.3. The average Bonchev–Trinajstić information content (AvgIpc) is 2.70. The van der Waals surface area contributed by atoms with Crippen molar-refractivity contribution in [3.05, 3.63) is 64.7 Å². The molecule has 7 nitrogen and oxygen atoms in total. The lowest BCUT2D eigenvalue weighted by Crippen LogP contribution is -2.54. The molecule has 2 aliphatic heterocycles. The van der Waals surface area contributed by atoms with Crippen LogP contribution in [-0.4, -0.2) is 49.5 Å². The van der Waals surface area contributed by atoms with Gasteiger partial charge >= 0.3 is 0 Å². The fourth-order valence-electron chi connectivity index (χ4n) is 4.19. The molecule has 0 unspecified atom stereocenters. The Bertz CT molecular complexity index is 969. The lowest BCUT2D eigenvalue weighted by molar-refractivity contribution is 0.201. The monoisotopic (exact) mass is 405 g/mol. The summed E-state index contributed by atoms with van der Waals surface area (Å²) >= 11 is 0. The molecular weight excluding hydrogens is 374 g/mol. The van der Waals surface area contributed by atoms with Crippen LogP contribution < -0.4 is 21.7 Å². The van der Waals surface area contributed by atoms with Gasteiger partial charge in [-0.15, -0.1) is 0 Å². The van der Waals surface area contributed by atoms with Crippen LogP contribution in [0, 0.1) is 20.8 Å². The van der Waals surface area contributed by atoms with E-state index in [0.29, 0.717) is 18.5 Å². The zero-order valence-electron chi connectivity index (χ0n) is 18.0. The third-order valence-electron chi connectivity index (χ3n) is 6.02. The van der Waals surface area contributed by atoms with E-state index in [9.17, 15) is 0 Å². The van der Waals surface area contributed by atoms with Gasteiger partial charge in [0.2, 0.25) is 0 Å². The Balaban J connectivity index is 1.56. The molecule has 1 fully saturated rings. The second kappa shape index (κ2) is 7.99. The van der Waals surface area contributed by atoms with Gasteiger partial charge in [-0.25, -0.2) is 9.98 Å². The molecule has 7 heteroatoms. The minimum absolute atomic E-state index is 0.305. The zero-order chi connectivity index (χ0) is 21.3. The van der Waals surface area contributed by atoms with Crippen molar-refractivity contribution in [2.45, 2.75) is 26.4 Å². The number of aliphatic imine (C=N–C) groups is 2. The first-order valence-corrected chi connectivity index (χ1v) is 10.4. The first-order chi connectivity index (χ1) is 14.3. The van der Waals surface area contributed by atoms with Gasteiger partial charge < -0.3 is 16.4 Å². The predicted octanol–water partition coefficient (Wildman–Crippen LogP) is 1.82. The van der Waals surface area contributed by atoms with Crippen LogP contribution in [0.3, 0.4) is 0 Å². The summed E-state index contributed by atoms with van der Waals surface area (Å²) in [6, 6.07) is 15.0. The minimum Gasteiger partial charge on any atom is -0.370 e. The molecule has 0 aromatic heterocycles. The Hall–Kier alpha value is -3.06. The molecule has 2 heterocycles. The number of benzene rings is 2. The second-order valence-corrected chi connectivity index (χ2v) is 8.34. The first kappa shape index (κ1) is 20.2. The van der Waals surface area contributed by atoms with Gasteiger partial charge in [0, 0.05) is 44.0 Å². The number of hydrogen-bond acceptors (Lipinski definition) is 7. The molecule has 30 heavy (non-hydrogen) atoms. The van der Waals surface area contributed by atoms with Crippen LogP contribution in [-0.2, 0) is 5.66 Å². The van der Waals surface area contributed by atoms with E-state index in [1.165, 1.54) is 22.4 Å². The molecule has 4 rings (SSSR count). The topological polar surface area (TPSA) is 95.3 Å². The Kier molecular flexibility index (Phi) is 5.39. The molecule has 2 aromatic rings. The van der Waals surface area contributed by atoms with Gasteiger partial charge in [0.1, 0.15) is 0 Å². The van der Waals surface area contributed by atoms with Crippen LogP contribution in [0.2, 0.25) is 0 Å². The largest absolute Gasteiger partial charge is 0.370 e. The van der Waals surface area contributed by atoms with Crippen molar-refractivity contribution in [1.82, 2.24) is 10.2 Å². The number of rotatable bonds is 4. The maximum absolute atomic E-state index is 6.07. The smallest absolute Gasteiger partial charge is 0.198 e. The Morgan fingerprint density at radius 2 is 1.60 bits per heavy atom. The average molecular weight is 406 g/mol. The molecule has 158 valence electrons. The Morgan fingerprint density at radius 3 is 2.23 bits per heavy atom. The lowest BCUT2D eigenvalue weighted by Gasteiger charge is -2.40. The van der Waals surface area contributed by atoms with E-state index in [1.54, 1.807) is 0 Å². The van der Waals surface area contributed by atoms with E-state index >= 15 is 0 Å². The highest BCUT2D eigenvalue weighted by atomic mass is 15.3. The summed E-state index contributed by atoms with van der Waals surface area (Å²) < 4.78 is 0. The van der Waals surface area contributed by atoms with Crippen LogP contribution in [0.25, 0.3) is 0 Å². The number of aryl methyl sites for hydroxylation is 3. The summed E-state index contributed by atoms with van der Waals surface area (Å²) in [6.07, 6.45) is 0. The summed E-state index contributed by atoms with van der Waals surface area (Å²) in [4.78, 5) is 14.3. The van der Waals surface area contributed by atoms with Crippen molar-refractivity contribution in [2.24, 2.45) is 21.5 Å². The number of hydrogen-bond donors (Lipinski definition) is 3. The van der Waals surface area contributed by atoms with Crippen LogP contribution in [0.4, 0.5) is 5.69 Å². The molecule has 0 saturated carbocycles. The van der Waals surface area contributed by atoms with E-state index in [1.807, 2.05) is 0 Å². The van der Waals surface area contributed by atoms with Crippen molar-refractivity contribution in [2.75, 3.05) is 37.6 Å². The highest BCUT2D eigenvalue weighted by Crippen LogP contribution is 2.32. The maximum Gasteiger partial charge on any atom is 0.198 e. The van der Waals surface area contributed by atoms with E-state index < -0.39 is 5.66 Å². The molecule has 2 aromatic carbocycles. The number of anilines is 1. The first-order valence-electron chi connectivity index (χ1n) is 10.4. The summed E-state index contributed by atoms with van der Waals surface area (Å²) in [6.45, 7) is 10.8. The number of nitrogens with two attached hydrogens (primary N) is 2. The van der Waals surface area contributed by atoms with Crippen LogP contribution in [0.1, 0.15) is 22.3 Å². The fraction of sp³-hybridized carbons (Fsp3) is 0.391. The number of nitrogens with one attached hydrogen (secondary N) is 1. The molecule has 1 saturated heterocycles. The number of piperazine rings is 1. The maximum atomic E-state index is 6.07. The van der Waals surface area contributed by atoms with Crippen molar-refractivity contribution in [3.63, 3.8) is 0 Å². The molecule has 0 radical (unpaired) electrons. The highest BCUT2D eigenvalue weighted by molar-refractivity contribution is 5.99. The summed E-state index contributed by atoms with van der Waals surface area (Å²) in [5, 5.41) is 2.83. The normalized spacial score (nSPS) is 19.1. The van der Waals surface area contributed by atoms with Gasteiger partial charge in [-0.2, -0.15) is 0 Å². The van der Waals surface area contributed by atoms with Crippen molar-refractivity contribution >= 4 is 17.6 Å². The van der Waals surface area contributed by atoms with E-state index in [2.05, 4.69) is 78.4 Å². The van der Waals surface area contributed by atoms with Gasteiger partial charge in [0.15, 0.2) is 17.6 Å². The quantitative estimate of drug-likeness (QED) is 0.721. The second-order valence-electron chi connectivity index (χ2n) is 8.34. The zero-order valence-corrected chi connectivity index (χ0v) is 18.0. The minimum atomic E-state index is -0.830. The molecule has 0 aliphatic carbocycles. The van der Waals surface area contributed by atoms with Crippen molar-refractivity contribution in [1.29, 1.82) is 0 Å². The van der Waals surface area contributed by atoms with Crippen molar-refractivity contribution < 1.29 is 0 Å². The summed E-state index contributed by atoms with van der Waals surface area (Å²) in [5.74, 6) is 0.609. The number of nitrogens with zero attached hydrogens (tertiary/aromatic N) is 4. The van der Waals surface area contributed by atoms with Gasteiger partial charge in [-0.1, -0.05) is 30.3 Å². The molecule has 0 spiro atoms. The van der Waals surface area contributed by atoms with Crippen LogP contribution in [0.5, 0.6) is 0 Å². The Labute approximate surface area is 178 Å².